The normalized spacial score (nSPS) is 17.1. The van der Waals surface area contributed by atoms with Crippen molar-refractivity contribution >= 4 is 76.8 Å². The highest BCUT2D eigenvalue weighted by Gasteiger charge is 2.39. The molecule has 4 heterocycles. The Bertz CT molecular complexity index is 2970. The van der Waals surface area contributed by atoms with Crippen LogP contribution in [0.5, 0.6) is 23.0 Å². The Morgan fingerprint density at radius 2 is 1.34 bits per heavy atom. The minimum absolute atomic E-state index is 0.00542. The van der Waals surface area contributed by atoms with Crippen molar-refractivity contribution in [2.75, 3.05) is 41.2 Å². The maximum Gasteiger partial charge on any atom is 0.261 e. The van der Waals surface area contributed by atoms with E-state index < -0.39 is 23.9 Å². The molecule has 4 aliphatic heterocycles. The van der Waals surface area contributed by atoms with E-state index in [2.05, 4.69) is 40.0 Å². The molecule has 4 aliphatic rings. The number of para-hydroxylation sites is 2. The molecule has 0 aromatic heterocycles. The second-order valence-electron chi connectivity index (χ2n) is 18.9. The average molecular weight is 980 g/mol. The predicted octanol–water partition coefficient (Wildman–Crippen LogP) is 7.58. The van der Waals surface area contributed by atoms with Crippen molar-refractivity contribution in [3.63, 3.8) is 0 Å². The van der Waals surface area contributed by atoms with E-state index in [0.717, 1.165) is 28.9 Å². The monoisotopic (exact) mass is 979 g/mol. The summed E-state index contributed by atoms with van der Waals surface area (Å²) in [5.74, 6) is -0.225. The summed E-state index contributed by atoms with van der Waals surface area (Å²) in [6.07, 6.45) is 3.90. The van der Waals surface area contributed by atoms with Crippen LogP contribution in [0.4, 0.5) is 28.4 Å². The van der Waals surface area contributed by atoms with Crippen LogP contribution in [0, 0.1) is 0 Å². The molecule has 16 nitrogen and oxygen atoms in total. The molecule has 0 unspecified atom stereocenters. The topological polar surface area (TPSA) is 189 Å². The van der Waals surface area contributed by atoms with Crippen LogP contribution >= 0.6 is 12.6 Å². The number of hydrogen-bond donors (Lipinski definition) is 5. The van der Waals surface area contributed by atoms with Crippen molar-refractivity contribution in [2.24, 2.45) is 4.99 Å². The second-order valence-corrected chi connectivity index (χ2v) is 20.1. The number of carbonyl (C=O) groups excluding carboxylic acids is 5. The number of nitrogens with zero attached hydrogens (tertiary/aromatic N) is 3. The van der Waals surface area contributed by atoms with Crippen LogP contribution in [0.3, 0.4) is 0 Å². The highest BCUT2D eigenvalue weighted by Crippen LogP contribution is 2.43. The molecule has 0 aliphatic carbocycles. The first-order valence-electron chi connectivity index (χ1n) is 23.6. The number of anilines is 4. The molecule has 4 atom stereocenters. The number of nitrogens with one attached hydrogen (secondary N) is 4. The molecular formula is C54H57N7O9S. The summed E-state index contributed by atoms with van der Waals surface area (Å²) >= 11 is 4.47. The standard InChI is InChI=1S/C54H57N7O9S/c1-30(57-49(62)15-16-54(3,4)71)50(63)58-31(2)51(64)59-36-18-32(28-69-47-24-41-39(22-45(47)67-5)52(65)60-37(26-55-41)20-34-11-7-9-13-43(34)60)17-33(19-36)29-70-48-25-42-40(23-46(48)68-6)53(66)61-38(27-56-42)21-35-12-8-10-14-44(35)61/h7-14,17-19,22-26,30-31,37-38,56,71H,15-16,20-21,27-29H2,1-6H3,(H,57,62)(H,58,63)(H,59,64)/t30-,31-,37-,38-/m0/s1. The van der Waals surface area contributed by atoms with Crippen LogP contribution in [0.2, 0.25) is 0 Å². The molecule has 0 bridgehead atoms. The summed E-state index contributed by atoms with van der Waals surface area (Å²) in [7, 11) is 3.02. The summed E-state index contributed by atoms with van der Waals surface area (Å²) < 4.78 is 24.1. The highest BCUT2D eigenvalue weighted by atomic mass is 32.1. The summed E-state index contributed by atoms with van der Waals surface area (Å²) in [6.45, 7) is 7.46. The summed E-state index contributed by atoms with van der Waals surface area (Å²) in [5.41, 5.74) is 7.51. The van der Waals surface area contributed by atoms with Crippen LogP contribution < -0.4 is 50.0 Å². The van der Waals surface area contributed by atoms with E-state index >= 15 is 0 Å². The maximum absolute atomic E-state index is 14.1. The SMILES string of the molecule is COc1cc2c(cc1OCc1cc(COc3cc4c(cc3OC)C(=O)N3c5ccccc5C[C@H]3CN4)cc(NC(=O)[C@H](C)NC(=O)[C@H](C)NC(=O)CCC(C)(C)S)c1)N=C[C@@H]1Cc3ccccc3N1C2=O. The molecule has 0 saturated carbocycles. The first-order chi connectivity index (χ1) is 34.1. The molecule has 0 spiro atoms. The molecule has 0 fully saturated rings. The van der Waals surface area contributed by atoms with Crippen molar-refractivity contribution in [3.05, 3.63) is 124 Å². The number of amides is 5. The number of benzene rings is 5. The molecule has 0 saturated heterocycles. The molecule has 5 aromatic carbocycles. The zero-order valence-electron chi connectivity index (χ0n) is 40.5. The fourth-order valence-corrected chi connectivity index (χ4v) is 9.49. The molecular weight excluding hydrogens is 923 g/mol. The summed E-state index contributed by atoms with van der Waals surface area (Å²) in [4.78, 5) is 75.9. The third-order valence-electron chi connectivity index (χ3n) is 13.1. The van der Waals surface area contributed by atoms with E-state index in [9.17, 15) is 24.0 Å². The summed E-state index contributed by atoms with van der Waals surface area (Å²) in [5, 5.41) is 11.8. The van der Waals surface area contributed by atoms with Gasteiger partial charge in [-0.3, -0.25) is 33.9 Å². The number of rotatable bonds is 16. The molecule has 5 aromatic rings. The van der Waals surface area contributed by atoms with Gasteiger partial charge in [0.1, 0.15) is 25.3 Å². The minimum atomic E-state index is -0.988. The minimum Gasteiger partial charge on any atom is -0.493 e. The molecule has 368 valence electrons. The number of carbonyl (C=O) groups is 5. The van der Waals surface area contributed by atoms with Crippen LogP contribution in [0.15, 0.2) is 96.0 Å². The summed E-state index contributed by atoms with van der Waals surface area (Å²) in [6, 6.07) is 25.8. The van der Waals surface area contributed by atoms with Gasteiger partial charge in [0.15, 0.2) is 23.0 Å². The Kier molecular flexibility index (Phi) is 13.7. The molecule has 4 N–H and O–H groups in total. The van der Waals surface area contributed by atoms with Crippen molar-refractivity contribution in [3.8, 4) is 23.0 Å². The molecule has 17 heteroatoms. The number of methoxy groups -OCH3 is 2. The number of fused-ring (bicyclic) bond motifs is 8. The van der Waals surface area contributed by atoms with E-state index in [1.807, 2.05) is 67.3 Å². The third kappa shape index (κ3) is 10.4. The van der Waals surface area contributed by atoms with Gasteiger partial charge in [-0.05, 0) is 91.4 Å². The Labute approximate surface area is 417 Å². The van der Waals surface area contributed by atoms with Crippen LogP contribution in [0.25, 0.3) is 0 Å². The number of thiol groups is 1. The zero-order valence-corrected chi connectivity index (χ0v) is 41.4. The molecule has 71 heavy (non-hydrogen) atoms. The van der Waals surface area contributed by atoms with Gasteiger partial charge in [-0.2, -0.15) is 12.6 Å². The molecule has 5 amide bonds. The van der Waals surface area contributed by atoms with Gasteiger partial charge >= 0.3 is 0 Å². The fourth-order valence-electron chi connectivity index (χ4n) is 9.38. The maximum atomic E-state index is 14.1. The van der Waals surface area contributed by atoms with Crippen LogP contribution in [0.1, 0.15) is 83.5 Å². The first kappa shape index (κ1) is 48.5. The number of aliphatic imine (C=N–C) groups is 1. The van der Waals surface area contributed by atoms with Gasteiger partial charge in [0, 0.05) is 59.5 Å². The largest absolute Gasteiger partial charge is 0.493 e. The van der Waals surface area contributed by atoms with E-state index in [-0.39, 0.29) is 54.2 Å². The Hall–Kier alpha value is -7.53. The van der Waals surface area contributed by atoms with Crippen molar-refractivity contribution in [1.29, 1.82) is 0 Å². The lowest BCUT2D eigenvalue weighted by Gasteiger charge is -2.22. The lowest BCUT2D eigenvalue weighted by atomic mass is 10.1. The Morgan fingerprint density at radius 3 is 2.00 bits per heavy atom. The number of hydrogen-bond acceptors (Lipinski definition) is 12. The van der Waals surface area contributed by atoms with Gasteiger partial charge in [-0.15, -0.1) is 0 Å². The van der Waals surface area contributed by atoms with Gasteiger partial charge in [0.2, 0.25) is 17.7 Å². The average Bonchev–Trinajstić information content (AvgIpc) is 3.84. The quantitative estimate of drug-likeness (QED) is 0.0617. The second kappa shape index (κ2) is 20.1. The highest BCUT2D eigenvalue weighted by molar-refractivity contribution is 7.81. The van der Waals surface area contributed by atoms with Crippen molar-refractivity contribution in [1.82, 2.24) is 10.6 Å². The fraction of sp³-hybridized carbons (Fsp3) is 0.333. The predicted molar refractivity (Wildman–Crippen MR) is 275 cm³/mol. The first-order valence-corrected chi connectivity index (χ1v) is 24.1. The van der Waals surface area contributed by atoms with Gasteiger partial charge in [0.25, 0.3) is 11.8 Å². The van der Waals surface area contributed by atoms with E-state index in [1.165, 1.54) is 14.2 Å². The molecule has 0 radical (unpaired) electrons. The van der Waals surface area contributed by atoms with E-state index in [1.54, 1.807) is 61.4 Å². The van der Waals surface area contributed by atoms with Crippen molar-refractivity contribution in [2.45, 2.75) is 95.5 Å². The van der Waals surface area contributed by atoms with Crippen molar-refractivity contribution < 1.29 is 42.9 Å². The zero-order chi connectivity index (χ0) is 50.1. The van der Waals surface area contributed by atoms with Crippen LogP contribution in [-0.4, -0.2) is 85.4 Å². The van der Waals surface area contributed by atoms with Gasteiger partial charge < -0.3 is 45.1 Å². The van der Waals surface area contributed by atoms with Gasteiger partial charge in [-0.1, -0.05) is 50.2 Å². The molecule has 9 rings (SSSR count). The smallest absolute Gasteiger partial charge is 0.261 e. The Morgan fingerprint density at radius 1 is 0.746 bits per heavy atom. The van der Waals surface area contributed by atoms with Gasteiger partial charge in [-0.25, -0.2) is 0 Å². The number of ether oxygens (including phenoxy) is 4. The van der Waals surface area contributed by atoms with E-state index in [0.29, 0.717) is 81.7 Å². The van der Waals surface area contributed by atoms with E-state index in [4.69, 9.17) is 23.9 Å². The lowest BCUT2D eigenvalue weighted by Crippen LogP contribution is -2.50. The van der Waals surface area contributed by atoms with Crippen LogP contribution in [-0.2, 0) is 40.4 Å². The third-order valence-corrected chi connectivity index (χ3v) is 13.3. The lowest BCUT2D eigenvalue weighted by molar-refractivity contribution is -0.130. The van der Waals surface area contributed by atoms with Gasteiger partial charge in [0.05, 0.1) is 48.8 Å². The Balaban J connectivity index is 0.950.